The van der Waals surface area contributed by atoms with E-state index in [4.69, 9.17) is 109 Å². The number of benzene rings is 1. The summed E-state index contributed by atoms with van der Waals surface area (Å²) in [6.45, 7) is 2.45. The third kappa shape index (κ3) is 7.27. The van der Waals surface area contributed by atoms with Gasteiger partial charge in [0.25, 0.3) is 3.92 Å². The van der Waals surface area contributed by atoms with Crippen LogP contribution < -0.4 is 4.74 Å². The molecule has 0 N–H and O–H groups in total. The lowest BCUT2D eigenvalue weighted by molar-refractivity contribution is 0.340. The van der Waals surface area contributed by atoms with Gasteiger partial charge in [-0.25, -0.2) is 9.98 Å². The van der Waals surface area contributed by atoms with Crippen molar-refractivity contribution in [2.45, 2.75) is 24.6 Å². The number of amidine groups is 2. The van der Waals surface area contributed by atoms with E-state index in [1.165, 1.54) is 0 Å². The van der Waals surface area contributed by atoms with Gasteiger partial charge in [-0.3, -0.25) is 4.90 Å². The van der Waals surface area contributed by atoms with Crippen molar-refractivity contribution < 1.29 is 4.74 Å². The Morgan fingerprint density at radius 3 is 2.00 bits per heavy atom. The van der Waals surface area contributed by atoms with Crippen LogP contribution in [-0.2, 0) is 0 Å². The van der Waals surface area contributed by atoms with Gasteiger partial charge >= 0.3 is 0 Å². The molecule has 0 fully saturated rings. The molecule has 1 unspecified atom stereocenters. The monoisotopic (exact) mass is 577 g/mol. The topological polar surface area (TPSA) is 37.2 Å². The van der Waals surface area contributed by atoms with E-state index in [2.05, 4.69) is 9.98 Å². The summed E-state index contributed by atoms with van der Waals surface area (Å²) >= 11 is 54.1. The van der Waals surface area contributed by atoms with Crippen LogP contribution in [0.3, 0.4) is 0 Å². The van der Waals surface area contributed by atoms with Crippen LogP contribution in [0, 0.1) is 0 Å². The minimum Gasteiger partial charge on any atom is -0.494 e. The lowest BCUT2D eigenvalue weighted by atomic mass is 10.2. The van der Waals surface area contributed by atoms with Crippen molar-refractivity contribution in [3.63, 3.8) is 0 Å². The van der Waals surface area contributed by atoms with Gasteiger partial charge in [0.15, 0.2) is 11.7 Å². The largest absolute Gasteiger partial charge is 0.494 e. The first-order valence-corrected chi connectivity index (χ1v) is 11.2. The Morgan fingerprint density at radius 1 is 0.966 bits per heavy atom. The van der Waals surface area contributed by atoms with Crippen molar-refractivity contribution in [2.75, 3.05) is 6.61 Å². The van der Waals surface area contributed by atoms with Gasteiger partial charge in [0.1, 0.15) is 11.9 Å². The Bertz CT molecular complexity index is 805. The van der Waals surface area contributed by atoms with Gasteiger partial charge in [0.05, 0.1) is 6.61 Å². The highest BCUT2D eigenvalue weighted by Crippen LogP contribution is 2.43. The minimum absolute atomic E-state index is 0.226. The second-order valence-electron chi connectivity index (χ2n) is 5.50. The van der Waals surface area contributed by atoms with E-state index in [0.717, 1.165) is 16.2 Å². The van der Waals surface area contributed by atoms with Crippen molar-refractivity contribution in [2.24, 2.45) is 9.98 Å². The molecular formula is C16H12Cl9N3O. The molecule has 1 aromatic carbocycles. The van der Waals surface area contributed by atoms with Crippen molar-refractivity contribution in [3.8, 4) is 5.75 Å². The SMILES string of the molecule is CCOc1ccc(C=CC2N=C(C(Cl)(Cl)Cl)N=C(C(Cl)(Cl)Cl)N2C(Cl)(Cl)Cl)cc1. The number of nitrogens with zero attached hydrogens (tertiary/aromatic N) is 3. The molecule has 1 aliphatic rings. The molecule has 160 valence electrons. The molecule has 0 amide bonds. The Hall–Kier alpha value is 0.510. The Morgan fingerprint density at radius 2 is 1.55 bits per heavy atom. The summed E-state index contributed by atoms with van der Waals surface area (Å²) in [6, 6.07) is 7.27. The summed E-state index contributed by atoms with van der Waals surface area (Å²) in [5.74, 6) is 0.239. The number of halogens is 9. The van der Waals surface area contributed by atoms with Gasteiger partial charge in [-0.15, -0.1) is 0 Å². The Kier molecular flexibility index (Phi) is 8.86. The fourth-order valence-corrected chi connectivity index (χ4v) is 3.48. The zero-order chi connectivity index (χ0) is 22.0. The van der Waals surface area contributed by atoms with Gasteiger partial charge in [0, 0.05) is 0 Å². The molecular weight excluding hydrogens is 569 g/mol. The molecule has 0 radical (unpaired) electrons. The molecule has 13 heteroatoms. The molecule has 1 atom stereocenters. The molecule has 0 aromatic heterocycles. The maximum absolute atomic E-state index is 6.09. The lowest BCUT2D eigenvalue weighted by Gasteiger charge is -2.40. The minimum atomic E-state index is -2.09. The van der Waals surface area contributed by atoms with Gasteiger partial charge in [-0.1, -0.05) is 123 Å². The summed E-state index contributed by atoms with van der Waals surface area (Å²) in [5, 5.41) is 0. The average Bonchev–Trinajstić information content (AvgIpc) is 2.58. The second kappa shape index (κ2) is 9.97. The van der Waals surface area contributed by atoms with Crippen molar-refractivity contribution in [1.29, 1.82) is 0 Å². The van der Waals surface area contributed by atoms with Crippen molar-refractivity contribution in [1.82, 2.24) is 4.90 Å². The van der Waals surface area contributed by atoms with Crippen molar-refractivity contribution >= 4 is 122 Å². The molecule has 1 aromatic rings. The molecule has 0 saturated heterocycles. The van der Waals surface area contributed by atoms with E-state index < -0.39 is 17.7 Å². The molecule has 4 nitrogen and oxygen atoms in total. The number of alkyl halides is 9. The van der Waals surface area contributed by atoms with Gasteiger partial charge < -0.3 is 4.74 Å². The first kappa shape index (κ1) is 25.8. The fourth-order valence-electron chi connectivity index (χ4n) is 2.27. The van der Waals surface area contributed by atoms with Crippen LogP contribution in [0.1, 0.15) is 12.5 Å². The molecule has 0 aliphatic carbocycles. The van der Waals surface area contributed by atoms with E-state index >= 15 is 0 Å². The molecule has 0 saturated carbocycles. The van der Waals surface area contributed by atoms with E-state index in [9.17, 15) is 0 Å². The Labute approximate surface area is 213 Å². The fraction of sp³-hybridized carbons (Fsp3) is 0.375. The maximum Gasteiger partial charge on any atom is 0.271 e. The highest BCUT2D eigenvalue weighted by molar-refractivity contribution is 6.79. The molecule has 1 heterocycles. The summed E-state index contributed by atoms with van der Waals surface area (Å²) in [5.41, 5.74) is 0.807. The highest BCUT2D eigenvalue weighted by Gasteiger charge is 2.48. The lowest BCUT2D eigenvalue weighted by Crippen LogP contribution is -2.54. The third-order valence-corrected chi connectivity index (χ3v) is 4.95. The number of rotatable bonds is 4. The normalized spacial score (nSPS) is 18.7. The van der Waals surface area contributed by atoms with E-state index in [0.29, 0.717) is 6.61 Å². The van der Waals surface area contributed by atoms with E-state index in [1.807, 2.05) is 19.1 Å². The van der Waals surface area contributed by atoms with Crippen molar-refractivity contribution in [3.05, 3.63) is 35.9 Å². The smallest absolute Gasteiger partial charge is 0.271 e. The van der Waals surface area contributed by atoms with E-state index in [-0.39, 0.29) is 11.7 Å². The molecule has 0 bridgehead atoms. The molecule has 29 heavy (non-hydrogen) atoms. The van der Waals surface area contributed by atoms with Gasteiger partial charge in [0.2, 0.25) is 7.59 Å². The zero-order valence-corrected chi connectivity index (χ0v) is 21.2. The van der Waals surface area contributed by atoms with Crippen LogP contribution in [0.2, 0.25) is 0 Å². The third-order valence-electron chi connectivity index (χ3n) is 3.39. The zero-order valence-electron chi connectivity index (χ0n) is 14.4. The average molecular weight is 581 g/mol. The summed E-state index contributed by atoms with van der Waals surface area (Å²) in [4.78, 5) is 9.33. The number of hydrogen-bond donors (Lipinski definition) is 0. The standard InChI is InChI=1S/C16H12Cl9N3O/c1-2-29-10-6-3-9(4-7-10)5-8-11-26-12(14(17,18)19)27-13(15(20,21)22)28(11)16(23,24)25/h3-8,11H,2H2,1H3. The maximum atomic E-state index is 6.09. The molecule has 2 rings (SSSR count). The van der Waals surface area contributed by atoms with Gasteiger partial charge in [-0.2, -0.15) is 0 Å². The van der Waals surface area contributed by atoms with Crippen LogP contribution in [0.15, 0.2) is 40.3 Å². The predicted molar refractivity (Wildman–Crippen MR) is 128 cm³/mol. The molecule has 1 aliphatic heterocycles. The summed E-state index contributed by atoms with van der Waals surface area (Å²) in [7, 11) is 0. The van der Waals surface area contributed by atoms with Gasteiger partial charge in [-0.05, 0) is 30.7 Å². The van der Waals surface area contributed by atoms with E-state index in [1.54, 1.807) is 24.3 Å². The highest BCUT2D eigenvalue weighted by atomic mass is 35.6. The second-order valence-corrected chi connectivity index (χ2v) is 12.3. The van der Waals surface area contributed by atoms with Crippen LogP contribution in [0.4, 0.5) is 0 Å². The molecule has 0 spiro atoms. The number of ether oxygens (including phenoxy) is 1. The summed E-state index contributed by atoms with van der Waals surface area (Å²) in [6.07, 6.45) is 2.30. The predicted octanol–water partition coefficient (Wildman–Crippen LogP) is 7.61. The van der Waals surface area contributed by atoms with Crippen LogP contribution in [0.5, 0.6) is 5.75 Å². The first-order valence-electron chi connectivity index (χ1n) is 7.81. The number of aliphatic imine (C=N–C) groups is 2. The first-order chi connectivity index (χ1) is 13.2. The van der Waals surface area contributed by atoms with Crippen LogP contribution in [0.25, 0.3) is 6.08 Å². The quantitative estimate of drug-likeness (QED) is 0.271. The Balaban J connectivity index is 2.47. The number of hydrogen-bond acceptors (Lipinski definition) is 4. The summed E-state index contributed by atoms with van der Waals surface area (Å²) < 4.78 is -0.745. The van der Waals surface area contributed by atoms with Crippen LogP contribution >= 0.6 is 104 Å². The van der Waals surface area contributed by atoms with Crippen LogP contribution in [-0.4, -0.2) is 40.8 Å².